The number of aliphatic carboxylic acids is 1. The molecule has 9 nitrogen and oxygen atoms in total. The minimum atomic E-state index is -4.01. The predicted molar refractivity (Wildman–Crippen MR) is 88.5 cm³/mol. The largest absolute Gasteiger partial charge is 0.481 e. The highest BCUT2D eigenvalue weighted by molar-refractivity contribution is 7.89. The van der Waals surface area contributed by atoms with Gasteiger partial charge in [-0.25, -0.2) is 13.1 Å². The Balaban J connectivity index is 2.96. The lowest BCUT2D eigenvalue weighted by Gasteiger charge is -2.10. The van der Waals surface area contributed by atoms with E-state index in [0.29, 0.717) is 12.5 Å². The number of nitrogens with zero attached hydrogens (tertiary/aromatic N) is 1. The van der Waals surface area contributed by atoms with Gasteiger partial charge < -0.3 is 10.4 Å². The molecule has 0 aromatic heterocycles. The van der Waals surface area contributed by atoms with Gasteiger partial charge in [0.05, 0.1) is 16.2 Å². The maximum atomic E-state index is 12.1. The van der Waals surface area contributed by atoms with E-state index in [2.05, 4.69) is 10.0 Å². The van der Waals surface area contributed by atoms with Gasteiger partial charge in [-0.3, -0.25) is 14.9 Å². The van der Waals surface area contributed by atoms with Crippen LogP contribution in [0.15, 0.2) is 23.1 Å². The molecule has 1 aromatic carbocycles. The minimum Gasteiger partial charge on any atom is -0.481 e. The number of hydrogen-bond acceptors (Lipinski definition) is 6. The van der Waals surface area contributed by atoms with E-state index in [4.69, 9.17) is 5.11 Å². The van der Waals surface area contributed by atoms with Crippen LogP contribution in [0, 0.1) is 16.0 Å². The van der Waals surface area contributed by atoms with Gasteiger partial charge in [0.2, 0.25) is 10.0 Å². The molecule has 0 atom stereocenters. The van der Waals surface area contributed by atoms with Gasteiger partial charge in [0.15, 0.2) is 0 Å². The summed E-state index contributed by atoms with van der Waals surface area (Å²) < 4.78 is 26.2. The van der Waals surface area contributed by atoms with Crippen molar-refractivity contribution in [3.63, 3.8) is 0 Å². The van der Waals surface area contributed by atoms with Gasteiger partial charge in [-0.1, -0.05) is 13.8 Å². The third kappa shape index (κ3) is 6.13. The average molecular weight is 359 g/mol. The van der Waals surface area contributed by atoms with Gasteiger partial charge in [-0.05, 0) is 24.5 Å². The summed E-state index contributed by atoms with van der Waals surface area (Å²) in [6.07, 6.45) is 0.435. The van der Waals surface area contributed by atoms with Crippen molar-refractivity contribution < 1.29 is 23.2 Å². The van der Waals surface area contributed by atoms with Crippen molar-refractivity contribution in [2.24, 2.45) is 5.92 Å². The first-order chi connectivity index (χ1) is 11.1. The number of nitro groups is 1. The lowest BCUT2D eigenvalue weighted by atomic mass is 10.1. The summed E-state index contributed by atoms with van der Waals surface area (Å²) in [5.74, 6) is -0.719. The van der Waals surface area contributed by atoms with Crippen LogP contribution in [0.3, 0.4) is 0 Å². The molecule has 134 valence electrons. The summed E-state index contributed by atoms with van der Waals surface area (Å²) in [4.78, 5) is 20.7. The van der Waals surface area contributed by atoms with E-state index in [1.807, 2.05) is 13.8 Å². The molecule has 0 heterocycles. The number of rotatable bonds is 10. The molecule has 3 N–H and O–H groups in total. The van der Waals surface area contributed by atoms with E-state index in [9.17, 15) is 23.3 Å². The highest BCUT2D eigenvalue weighted by atomic mass is 32.2. The van der Waals surface area contributed by atoms with Crippen molar-refractivity contribution in [1.82, 2.24) is 4.72 Å². The first-order valence-corrected chi connectivity index (χ1v) is 8.85. The molecule has 0 amide bonds. The van der Waals surface area contributed by atoms with Crippen molar-refractivity contribution >= 4 is 27.4 Å². The number of hydrogen-bond donors (Lipinski definition) is 3. The smallest absolute Gasteiger partial charge is 0.304 e. The Morgan fingerprint density at radius 1 is 1.33 bits per heavy atom. The van der Waals surface area contributed by atoms with Gasteiger partial charge in [0.25, 0.3) is 5.69 Å². The first-order valence-electron chi connectivity index (χ1n) is 7.37. The van der Waals surface area contributed by atoms with Crippen molar-refractivity contribution in [2.45, 2.75) is 31.6 Å². The van der Waals surface area contributed by atoms with Crippen LogP contribution in [0.4, 0.5) is 11.4 Å². The highest BCUT2D eigenvalue weighted by Crippen LogP contribution is 2.27. The zero-order valence-corrected chi connectivity index (χ0v) is 14.3. The van der Waals surface area contributed by atoms with Crippen molar-refractivity contribution in [2.75, 3.05) is 18.4 Å². The molecule has 1 aromatic rings. The number of anilines is 1. The average Bonchev–Trinajstić information content (AvgIpc) is 2.46. The molecule has 1 rings (SSSR count). The third-order valence-corrected chi connectivity index (χ3v) is 4.60. The van der Waals surface area contributed by atoms with Crippen molar-refractivity contribution in [3.05, 3.63) is 28.3 Å². The van der Waals surface area contributed by atoms with Crippen LogP contribution in [-0.2, 0) is 14.8 Å². The number of carbonyl (C=O) groups is 1. The number of benzene rings is 1. The zero-order valence-electron chi connectivity index (χ0n) is 13.5. The Morgan fingerprint density at radius 3 is 2.54 bits per heavy atom. The molecule has 0 aliphatic heterocycles. The zero-order chi connectivity index (χ0) is 18.3. The SMILES string of the molecule is CC(C)CCNc1ccc(S(=O)(=O)NCCC(=O)O)cc1[N+](=O)[O-]. The molecule has 0 aliphatic carbocycles. The molecular formula is C14H21N3O6S. The Bertz CT molecular complexity index is 702. The normalized spacial score (nSPS) is 11.5. The summed E-state index contributed by atoms with van der Waals surface area (Å²) in [5.41, 5.74) is -0.106. The van der Waals surface area contributed by atoms with Crippen molar-refractivity contribution in [3.8, 4) is 0 Å². The van der Waals surface area contributed by atoms with Gasteiger partial charge in [-0.15, -0.1) is 0 Å². The summed E-state index contributed by atoms with van der Waals surface area (Å²) in [7, 11) is -4.01. The maximum absolute atomic E-state index is 12.1. The van der Waals surface area contributed by atoms with Crippen LogP contribution in [0.2, 0.25) is 0 Å². The summed E-state index contributed by atoms with van der Waals surface area (Å²) in [5, 5.41) is 22.6. The summed E-state index contributed by atoms with van der Waals surface area (Å²) in [6, 6.07) is 3.54. The van der Waals surface area contributed by atoms with Gasteiger partial charge in [0, 0.05) is 19.2 Å². The van der Waals surface area contributed by atoms with Crippen LogP contribution < -0.4 is 10.0 Å². The topological polar surface area (TPSA) is 139 Å². The number of nitro benzene ring substituents is 1. The second-order valence-corrected chi connectivity index (χ2v) is 7.35. The van der Waals surface area contributed by atoms with Crippen LogP contribution in [0.1, 0.15) is 26.7 Å². The van der Waals surface area contributed by atoms with E-state index in [-0.39, 0.29) is 29.2 Å². The number of sulfonamides is 1. The van der Waals surface area contributed by atoms with Gasteiger partial charge >= 0.3 is 5.97 Å². The van der Waals surface area contributed by atoms with E-state index in [0.717, 1.165) is 12.5 Å². The second-order valence-electron chi connectivity index (χ2n) is 5.59. The van der Waals surface area contributed by atoms with Crippen LogP contribution in [-0.4, -0.2) is 37.5 Å². The van der Waals surface area contributed by atoms with E-state index < -0.39 is 20.9 Å². The van der Waals surface area contributed by atoms with Crippen LogP contribution in [0.25, 0.3) is 0 Å². The number of nitrogens with one attached hydrogen (secondary N) is 2. The number of carboxylic acid groups (broad SMARTS) is 1. The molecule has 0 radical (unpaired) electrons. The van der Waals surface area contributed by atoms with Gasteiger partial charge in [0.1, 0.15) is 5.69 Å². The Labute approximate surface area is 140 Å². The fraction of sp³-hybridized carbons (Fsp3) is 0.500. The van der Waals surface area contributed by atoms with Crippen molar-refractivity contribution in [1.29, 1.82) is 0 Å². The Morgan fingerprint density at radius 2 is 2.00 bits per heavy atom. The second kappa shape index (κ2) is 8.60. The fourth-order valence-electron chi connectivity index (χ4n) is 1.85. The highest BCUT2D eigenvalue weighted by Gasteiger charge is 2.21. The van der Waals surface area contributed by atoms with E-state index in [1.54, 1.807) is 0 Å². The first kappa shape index (κ1) is 19.8. The summed E-state index contributed by atoms with van der Waals surface area (Å²) >= 11 is 0. The molecule has 0 saturated carbocycles. The Kier molecular flexibility index (Phi) is 7.11. The Hall–Kier alpha value is -2.20. The molecule has 24 heavy (non-hydrogen) atoms. The molecule has 0 fully saturated rings. The predicted octanol–water partition coefficient (Wildman–Crippen LogP) is 1.81. The monoisotopic (exact) mass is 359 g/mol. The lowest BCUT2D eigenvalue weighted by Crippen LogP contribution is -2.26. The fourth-order valence-corrected chi connectivity index (χ4v) is 2.90. The molecule has 10 heteroatoms. The molecule has 0 saturated heterocycles. The third-order valence-electron chi connectivity index (χ3n) is 3.14. The summed E-state index contributed by atoms with van der Waals surface area (Å²) in [6.45, 7) is 4.28. The molecule has 0 unspecified atom stereocenters. The molecule has 0 spiro atoms. The molecule has 0 bridgehead atoms. The quantitative estimate of drug-likeness (QED) is 0.427. The van der Waals surface area contributed by atoms with Crippen LogP contribution >= 0.6 is 0 Å². The number of carboxylic acids is 1. The standard InChI is InChI=1S/C14H21N3O6S/c1-10(2)5-7-15-12-4-3-11(9-13(12)17(20)21)24(22,23)16-8-6-14(18)19/h3-4,9-10,15-16H,5-8H2,1-2H3,(H,18,19). The van der Waals surface area contributed by atoms with Gasteiger partial charge in [-0.2, -0.15) is 0 Å². The molecular weight excluding hydrogens is 338 g/mol. The maximum Gasteiger partial charge on any atom is 0.304 e. The molecule has 0 aliphatic rings. The van der Waals surface area contributed by atoms with E-state index >= 15 is 0 Å². The lowest BCUT2D eigenvalue weighted by molar-refractivity contribution is -0.384. The van der Waals surface area contributed by atoms with Crippen LogP contribution in [0.5, 0.6) is 0 Å². The minimum absolute atomic E-state index is 0.241. The van der Waals surface area contributed by atoms with E-state index in [1.165, 1.54) is 12.1 Å².